The summed E-state index contributed by atoms with van der Waals surface area (Å²) in [6.45, 7) is 6.44. The highest BCUT2D eigenvalue weighted by Crippen LogP contribution is 2.21. The summed E-state index contributed by atoms with van der Waals surface area (Å²) in [6, 6.07) is 1.98. The molecule has 0 N–H and O–H groups in total. The minimum Gasteiger partial charge on any atom is -0.361 e. The molecule has 106 valence electrons. The second-order valence-electron chi connectivity index (χ2n) is 5.74. The van der Waals surface area contributed by atoms with Gasteiger partial charge in [-0.15, -0.1) is 0 Å². The number of hydrogen-bond acceptors (Lipinski definition) is 5. The first-order valence-electron chi connectivity index (χ1n) is 7.25. The van der Waals surface area contributed by atoms with E-state index in [9.17, 15) is 0 Å². The van der Waals surface area contributed by atoms with Crippen LogP contribution in [0.2, 0.25) is 0 Å². The molecule has 0 bridgehead atoms. The van der Waals surface area contributed by atoms with Gasteiger partial charge in [-0.3, -0.25) is 0 Å². The first kappa shape index (κ1) is 13.1. The molecule has 1 fully saturated rings. The van der Waals surface area contributed by atoms with Gasteiger partial charge in [-0.2, -0.15) is 0 Å². The smallest absolute Gasteiger partial charge is 0.225 e. The monoisotopic (exact) mass is 272 g/mol. The lowest BCUT2D eigenvalue weighted by Gasteiger charge is -2.14. The maximum absolute atomic E-state index is 5.34. The summed E-state index contributed by atoms with van der Waals surface area (Å²) in [6.07, 6.45) is 7.02. The largest absolute Gasteiger partial charge is 0.361 e. The lowest BCUT2D eigenvalue weighted by atomic mass is 10.1. The topological polar surface area (TPSA) is 55.1 Å². The molecule has 1 aliphatic heterocycles. The minimum atomic E-state index is 0.560. The second-order valence-corrected chi connectivity index (χ2v) is 5.74. The van der Waals surface area contributed by atoms with Crippen LogP contribution in [0.1, 0.15) is 32.4 Å². The van der Waals surface area contributed by atoms with Crippen LogP contribution in [0.25, 0.3) is 11.3 Å². The van der Waals surface area contributed by atoms with Crippen molar-refractivity contribution in [1.82, 2.24) is 15.1 Å². The average Bonchev–Trinajstić information content (AvgIpc) is 3.09. The number of nitrogens with zero attached hydrogens (tertiary/aromatic N) is 4. The molecule has 0 aliphatic carbocycles. The molecule has 5 heteroatoms. The van der Waals surface area contributed by atoms with Gasteiger partial charge in [0.25, 0.3) is 0 Å². The molecule has 0 atom stereocenters. The fourth-order valence-corrected chi connectivity index (χ4v) is 2.48. The van der Waals surface area contributed by atoms with Gasteiger partial charge in [0.05, 0.1) is 0 Å². The summed E-state index contributed by atoms with van der Waals surface area (Å²) in [7, 11) is 0. The highest BCUT2D eigenvalue weighted by atomic mass is 16.5. The van der Waals surface area contributed by atoms with Gasteiger partial charge in [0.1, 0.15) is 11.5 Å². The summed E-state index contributed by atoms with van der Waals surface area (Å²) in [5.41, 5.74) is 1.72. The molecule has 0 amide bonds. The SMILES string of the molecule is CC(C)Cc1cc(-c2cnc(N3CCCC3)nc2)no1. The van der Waals surface area contributed by atoms with Crippen LogP contribution < -0.4 is 4.90 Å². The van der Waals surface area contributed by atoms with Gasteiger partial charge in [0.15, 0.2) is 0 Å². The van der Waals surface area contributed by atoms with Crippen molar-refractivity contribution in [2.24, 2.45) is 5.92 Å². The van der Waals surface area contributed by atoms with Crippen molar-refractivity contribution in [3.8, 4) is 11.3 Å². The van der Waals surface area contributed by atoms with Gasteiger partial charge in [0, 0.05) is 43.5 Å². The Bertz CT molecular complexity index is 556. The Labute approximate surface area is 119 Å². The zero-order chi connectivity index (χ0) is 13.9. The van der Waals surface area contributed by atoms with Gasteiger partial charge in [-0.25, -0.2) is 9.97 Å². The van der Waals surface area contributed by atoms with E-state index in [1.54, 1.807) is 0 Å². The Morgan fingerprint density at radius 3 is 2.55 bits per heavy atom. The maximum Gasteiger partial charge on any atom is 0.225 e. The van der Waals surface area contributed by atoms with E-state index in [2.05, 4.69) is 33.9 Å². The molecular weight excluding hydrogens is 252 g/mol. The normalized spacial score (nSPS) is 15.2. The molecule has 20 heavy (non-hydrogen) atoms. The van der Waals surface area contributed by atoms with Gasteiger partial charge in [-0.1, -0.05) is 19.0 Å². The predicted molar refractivity (Wildman–Crippen MR) is 77.5 cm³/mol. The molecule has 2 aromatic heterocycles. The van der Waals surface area contributed by atoms with Crippen molar-refractivity contribution in [2.45, 2.75) is 33.1 Å². The number of anilines is 1. The van der Waals surface area contributed by atoms with E-state index in [0.717, 1.165) is 42.5 Å². The van der Waals surface area contributed by atoms with E-state index >= 15 is 0 Å². The average molecular weight is 272 g/mol. The van der Waals surface area contributed by atoms with Crippen LogP contribution in [0.4, 0.5) is 5.95 Å². The summed E-state index contributed by atoms with van der Waals surface area (Å²) < 4.78 is 5.34. The Kier molecular flexibility index (Phi) is 3.67. The highest BCUT2D eigenvalue weighted by Gasteiger charge is 2.15. The van der Waals surface area contributed by atoms with Gasteiger partial charge < -0.3 is 9.42 Å². The molecule has 3 rings (SSSR count). The van der Waals surface area contributed by atoms with Crippen molar-refractivity contribution >= 4 is 5.95 Å². The van der Waals surface area contributed by atoms with Crippen LogP contribution in [-0.2, 0) is 6.42 Å². The van der Waals surface area contributed by atoms with Crippen LogP contribution >= 0.6 is 0 Å². The Morgan fingerprint density at radius 2 is 1.90 bits per heavy atom. The fraction of sp³-hybridized carbons (Fsp3) is 0.533. The van der Waals surface area contributed by atoms with E-state index in [4.69, 9.17) is 4.52 Å². The van der Waals surface area contributed by atoms with Crippen LogP contribution in [0.15, 0.2) is 23.0 Å². The van der Waals surface area contributed by atoms with Crippen molar-refractivity contribution in [1.29, 1.82) is 0 Å². The van der Waals surface area contributed by atoms with Crippen LogP contribution in [-0.4, -0.2) is 28.2 Å². The summed E-state index contributed by atoms with van der Waals surface area (Å²) in [4.78, 5) is 11.1. The van der Waals surface area contributed by atoms with Crippen LogP contribution in [0.5, 0.6) is 0 Å². The van der Waals surface area contributed by atoms with Gasteiger partial charge >= 0.3 is 0 Å². The quantitative estimate of drug-likeness (QED) is 0.856. The number of aromatic nitrogens is 3. The van der Waals surface area contributed by atoms with Crippen molar-refractivity contribution in [3.63, 3.8) is 0 Å². The van der Waals surface area contributed by atoms with Crippen molar-refractivity contribution in [3.05, 3.63) is 24.2 Å². The molecule has 1 saturated heterocycles. The van der Waals surface area contributed by atoms with E-state index in [0.29, 0.717) is 5.92 Å². The summed E-state index contributed by atoms with van der Waals surface area (Å²) in [5, 5.41) is 4.10. The molecule has 0 aromatic carbocycles. The summed E-state index contributed by atoms with van der Waals surface area (Å²) >= 11 is 0. The molecule has 3 heterocycles. The molecule has 0 saturated carbocycles. The first-order chi connectivity index (χ1) is 9.72. The molecule has 0 unspecified atom stereocenters. The third-order valence-electron chi connectivity index (χ3n) is 3.49. The minimum absolute atomic E-state index is 0.560. The molecule has 5 nitrogen and oxygen atoms in total. The maximum atomic E-state index is 5.34. The molecule has 0 spiro atoms. The molecular formula is C15H20N4O. The van der Waals surface area contributed by atoms with Crippen LogP contribution in [0.3, 0.4) is 0 Å². The zero-order valence-corrected chi connectivity index (χ0v) is 12.0. The van der Waals surface area contributed by atoms with Gasteiger partial charge in [-0.05, 0) is 18.8 Å². The highest BCUT2D eigenvalue weighted by molar-refractivity contribution is 5.57. The standard InChI is InChI=1S/C15H20N4O/c1-11(2)7-13-8-14(18-20-13)12-9-16-15(17-10-12)19-5-3-4-6-19/h8-11H,3-7H2,1-2H3. The Balaban J connectivity index is 1.75. The third-order valence-corrected chi connectivity index (χ3v) is 3.49. The molecule has 0 radical (unpaired) electrons. The summed E-state index contributed by atoms with van der Waals surface area (Å²) in [5.74, 6) is 2.29. The van der Waals surface area contributed by atoms with E-state index < -0.39 is 0 Å². The van der Waals surface area contributed by atoms with Crippen molar-refractivity contribution in [2.75, 3.05) is 18.0 Å². The van der Waals surface area contributed by atoms with E-state index in [1.165, 1.54) is 12.8 Å². The molecule has 1 aliphatic rings. The third kappa shape index (κ3) is 2.81. The predicted octanol–water partition coefficient (Wildman–Crippen LogP) is 2.93. The van der Waals surface area contributed by atoms with Crippen LogP contribution in [0, 0.1) is 5.92 Å². The van der Waals surface area contributed by atoms with Crippen molar-refractivity contribution < 1.29 is 4.52 Å². The lowest BCUT2D eigenvalue weighted by Crippen LogP contribution is -2.20. The van der Waals surface area contributed by atoms with E-state index in [1.807, 2.05) is 18.5 Å². The molecule has 2 aromatic rings. The van der Waals surface area contributed by atoms with Gasteiger partial charge in [0.2, 0.25) is 5.95 Å². The number of rotatable bonds is 4. The zero-order valence-electron chi connectivity index (χ0n) is 12.0. The lowest BCUT2D eigenvalue weighted by molar-refractivity contribution is 0.370. The first-order valence-corrected chi connectivity index (χ1v) is 7.25. The fourth-order valence-electron chi connectivity index (χ4n) is 2.48. The second kappa shape index (κ2) is 5.61. The Morgan fingerprint density at radius 1 is 1.20 bits per heavy atom. The Hall–Kier alpha value is -1.91. The van der Waals surface area contributed by atoms with E-state index in [-0.39, 0.29) is 0 Å². The number of hydrogen-bond donors (Lipinski definition) is 0.